The van der Waals surface area contributed by atoms with E-state index in [4.69, 9.17) is 5.73 Å². The van der Waals surface area contributed by atoms with Crippen molar-refractivity contribution >= 4 is 5.91 Å². The summed E-state index contributed by atoms with van der Waals surface area (Å²) in [5.41, 5.74) is 6.19. The van der Waals surface area contributed by atoms with Gasteiger partial charge in [-0.05, 0) is 24.1 Å². The zero-order chi connectivity index (χ0) is 12.0. The monoisotopic (exact) mass is 224 g/mol. The number of amides is 1. The van der Waals surface area contributed by atoms with Gasteiger partial charge in [0.15, 0.2) is 0 Å². The lowest BCUT2D eigenvalue weighted by atomic mass is 10.1. The average molecular weight is 224 g/mol. The predicted molar refractivity (Wildman–Crippen MR) is 61.4 cm³/mol. The Bertz CT molecular complexity index is 355. The van der Waals surface area contributed by atoms with E-state index in [0.717, 1.165) is 5.56 Å². The Morgan fingerprint density at radius 2 is 2.25 bits per heavy atom. The van der Waals surface area contributed by atoms with Gasteiger partial charge in [-0.25, -0.2) is 4.39 Å². The van der Waals surface area contributed by atoms with E-state index >= 15 is 0 Å². The molecule has 1 amide bonds. The summed E-state index contributed by atoms with van der Waals surface area (Å²) in [5.74, 6) is -0.215. The maximum Gasteiger partial charge on any atom is 0.223 e. The largest absolute Gasteiger partial charge is 0.345 e. The van der Waals surface area contributed by atoms with Gasteiger partial charge in [-0.1, -0.05) is 12.1 Å². The minimum Gasteiger partial charge on any atom is -0.345 e. The van der Waals surface area contributed by atoms with Gasteiger partial charge in [0.1, 0.15) is 5.82 Å². The van der Waals surface area contributed by atoms with E-state index in [0.29, 0.717) is 25.9 Å². The summed E-state index contributed by atoms with van der Waals surface area (Å²) in [6.45, 7) is 0.950. The zero-order valence-electron chi connectivity index (χ0n) is 9.45. The Morgan fingerprint density at radius 1 is 1.50 bits per heavy atom. The molecule has 0 bridgehead atoms. The third kappa shape index (κ3) is 3.98. The van der Waals surface area contributed by atoms with Gasteiger partial charge in [-0.3, -0.25) is 4.79 Å². The first-order chi connectivity index (χ1) is 7.63. The number of carbonyl (C=O) groups excluding carboxylic acids is 1. The molecule has 0 aliphatic heterocycles. The fraction of sp³-hybridized carbons (Fsp3) is 0.417. The molecule has 0 radical (unpaired) electrons. The number of carbonyl (C=O) groups is 1. The molecule has 4 heteroatoms. The van der Waals surface area contributed by atoms with Crippen molar-refractivity contribution in [3.63, 3.8) is 0 Å². The fourth-order valence-corrected chi connectivity index (χ4v) is 1.43. The van der Waals surface area contributed by atoms with Crippen LogP contribution in [-0.2, 0) is 11.2 Å². The molecule has 3 nitrogen and oxygen atoms in total. The maximum absolute atomic E-state index is 12.9. The Labute approximate surface area is 95.0 Å². The van der Waals surface area contributed by atoms with Crippen LogP contribution < -0.4 is 5.73 Å². The molecular weight excluding hydrogens is 207 g/mol. The fourth-order valence-electron chi connectivity index (χ4n) is 1.43. The highest BCUT2D eigenvalue weighted by atomic mass is 19.1. The molecule has 1 aromatic carbocycles. The summed E-state index contributed by atoms with van der Waals surface area (Å²) in [7, 11) is 1.73. The molecule has 0 aliphatic rings. The summed E-state index contributed by atoms with van der Waals surface area (Å²) < 4.78 is 12.9. The van der Waals surface area contributed by atoms with Gasteiger partial charge >= 0.3 is 0 Å². The molecule has 0 aromatic heterocycles. The second-order valence-electron chi connectivity index (χ2n) is 3.73. The van der Waals surface area contributed by atoms with E-state index in [2.05, 4.69) is 0 Å². The van der Waals surface area contributed by atoms with Gasteiger partial charge in [-0.2, -0.15) is 0 Å². The Hall–Kier alpha value is -1.42. The van der Waals surface area contributed by atoms with Crippen molar-refractivity contribution in [2.45, 2.75) is 12.8 Å². The molecule has 0 saturated heterocycles. The molecule has 0 fully saturated rings. The van der Waals surface area contributed by atoms with Crippen LogP contribution in [0.3, 0.4) is 0 Å². The lowest BCUT2D eigenvalue weighted by molar-refractivity contribution is -0.129. The number of rotatable bonds is 5. The Kier molecular flexibility index (Phi) is 4.92. The van der Waals surface area contributed by atoms with Gasteiger partial charge in [0.25, 0.3) is 0 Å². The Balaban J connectivity index is 2.42. The number of nitrogens with zero attached hydrogens (tertiary/aromatic N) is 1. The van der Waals surface area contributed by atoms with E-state index in [1.54, 1.807) is 18.0 Å². The van der Waals surface area contributed by atoms with E-state index < -0.39 is 0 Å². The van der Waals surface area contributed by atoms with Crippen molar-refractivity contribution in [2.75, 3.05) is 20.1 Å². The second-order valence-corrected chi connectivity index (χ2v) is 3.73. The van der Waals surface area contributed by atoms with Crippen molar-refractivity contribution in [3.8, 4) is 0 Å². The van der Waals surface area contributed by atoms with E-state index in [1.165, 1.54) is 12.1 Å². The summed E-state index contributed by atoms with van der Waals surface area (Å²) in [4.78, 5) is 13.0. The molecule has 1 aromatic rings. The number of benzene rings is 1. The number of likely N-dealkylation sites (N-methyl/N-ethyl adjacent to an activating group) is 1. The van der Waals surface area contributed by atoms with Gasteiger partial charge in [-0.15, -0.1) is 0 Å². The predicted octanol–water partition coefficient (Wildman–Crippen LogP) is 1.18. The maximum atomic E-state index is 12.9. The minimum atomic E-state index is -0.242. The molecule has 16 heavy (non-hydrogen) atoms. The molecule has 1 rings (SSSR count). The molecule has 0 spiro atoms. The lowest BCUT2D eigenvalue weighted by Gasteiger charge is -2.16. The molecular formula is C12H17FN2O. The normalized spacial score (nSPS) is 10.2. The molecule has 0 unspecified atom stereocenters. The SMILES string of the molecule is CN(CCc1cccc(F)c1)C(=O)CCN. The lowest BCUT2D eigenvalue weighted by Crippen LogP contribution is -2.30. The third-order valence-corrected chi connectivity index (χ3v) is 2.41. The molecule has 0 atom stereocenters. The first kappa shape index (κ1) is 12.6. The summed E-state index contributed by atoms with van der Waals surface area (Å²) in [5, 5.41) is 0. The van der Waals surface area contributed by atoms with Crippen LogP contribution in [0.2, 0.25) is 0 Å². The third-order valence-electron chi connectivity index (χ3n) is 2.41. The standard InChI is InChI=1S/C12H17FN2O/c1-15(12(16)5-7-14)8-6-10-3-2-4-11(13)9-10/h2-4,9H,5-8,14H2,1H3. The van der Waals surface area contributed by atoms with Crippen LogP contribution in [0.1, 0.15) is 12.0 Å². The average Bonchev–Trinajstić information content (AvgIpc) is 2.26. The number of hydrogen-bond donors (Lipinski definition) is 1. The quantitative estimate of drug-likeness (QED) is 0.816. The molecule has 0 aliphatic carbocycles. The van der Waals surface area contributed by atoms with Crippen LogP contribution in [0.4, 0.5) is 4.39 Å². The molecule has 0 saturated carbocycles. The van der Waals surface area contributed by atoms with E-state index in [9.17, 15) is 9.18 Å². The zero-order valence-corrected chi connectivity index (χ0v) is 9.45. The number of hydrogen-bond acceptors (Lipinski definition) is 2. The first-order valence-corrected chi connectivity index (χ1v) is 5.32. The van der Waals surface area contributed by atoms with Crippen LogP contribution in [0.5, 0.6) is 0 Å². The molecule has 2 N–H and O–H groups in total. The summed E-state index contributed by atoms with van der Waals surface area (Å²) in [6, 6.07) is 6.42. The van der Waals surface area contributed by atoms with Crippen molar-refractivity contribution in [2.24, 2.45) is 5.73 Å². The van der Waals surface area contributed by atoms with Gasteiger partial charge < -0.3 is 10.6 Å². The smallest absolute Gasteiger partial charge is 0.223 e. The van der Waals surface area contributed by atoms with E-state index in [-0.39, 0.29) is 11.7 Å². The number of halogens is 1. The van der Waals surface area contributed by atoms with Gasteiger partial charge in [0.2, 0.25) is 5.91 Å². The van der Waals surface area contributed by atoms with Crippen molar-refractivity contribution in [1.82, 2.24) is 4.90 Å². The highest BCUT2D eigenvalue weighted by Gasteiger charge is 2.07. The highest BCUT2D eigenvalue weighted by Crippen LogP contribution is 2.05. The topological polar surface area (TPSA) is 46.3 Å². The van der Waals surface area contributed by atoms with Crippen molar-refractivity contribution in [3.05, 3.63) is 35.6 Å². The second kappa shape index (κ2) is 6.23. The van der Waals surface area contributed by atoms with Crippen LogP contribution in [0.25, 0.3) is 0 Å². The summed E-state index contributed by atoms with van der Waals surface area (Å²) in [6.07, 6.45) is 1.02. The van der Waals surface area contributed by atoms with Crippen LogP contribution >= 0.6 is 0 Å². The Morgan fingerprint density at radius 3 is 2.88 bits per heavy atom. The molecule has 0 heterocycles. The number of nitrogens with two attached hydrogens (primary N) is 1. The van der Waals surface area contributed by atoms with Crippen LogP contribution in [0.15, 0.2) is 24.3 Å². The first-order valence-electron chi connectivity index (χ1n) is 5.32. The van der Waals surface area contributed by atoms with Crippen molar-refractivity contribution in [1.29, 1.82) is 0 Å². The highest BCUT2D eigenvalue weighted by molar-refractivity contribution is 5.76. The van der Waals surface area contributed by atoms with Crippen molar-refractivity contribution < 1.29 is 9.18 Å². The van der Waals surface area contributed by atoms with Crippen LogP contribution in [-0.4, -0.2) is 30.9 Å². The molecule has 88 valence electrons. The van der Waals surface area contributed by atoms with Crippen LogP contribution in [0, 0.1) is 5.82 Å². The summed E-state index contributed by atoms with van der Waals surface area (Å²) >= 11 is 0. The van der Waals surface area contributed by atoms with Gasteiger partial charge in [0, 0.05) is 26.6 Å². The minimum absolute atomic E-state index is 0.0268. The van der Waals surface area contributed by atoms with E-state index in [1.807, 2.05) is 6.07 Å². The van der Waals surface area contributed by atoms with Gasteiger partial charge in [0.05, 0.1) is 0 Å².